The van der Waals surface area contributed by atoms with Gasteiger partial charge in [-0.1, -0.05) is 13.0 Å². The molecule has 26 heavy (non-hydrogen) atoms. The molecule has 0 radical (unpaired) electrons. The molecule has 1 aliphatic heterocycles. The molecule has 0 spiro atoms. The first-order chi connectivity index (χ1) is 12.7. The molecule has 2 heterocycles. The van der Waals surface area contributed by atoms with Crippen molar-refractivity contribution in [2.45, 2.75) is 26.4 Å². The van der Waals surface area contributed by atoms with Gasteiger partial charge in [-0.15, -0.1) is 5.10 Å². The largest absolute Gasteiger partial charge is 0.493 e. The third-order valence-corrected chi connectivity index (χ3v) is 4.94. The zero-order valence-electron chi connectivity index (χ0n) is 15.9. The maximum atomic E-state index is 5.37. The molecule has 142 valence electrons. The molecule has 0 bridgehead atoms. The summed E-state index contributed by atoms with van der Waals surface area (Å²) in [5, 5.41) is 12.3. The smallest absolute Gasteiger partial charge is 0.165 e. The third kappa shape index (κ3) is 4.50. The highest BCUT2D eigenvalue weighted by Gasteiger charge is 2.18. The highest BCUT2D eigenvalue weighted by atomic mass is 16.5. The second-order valence-electron chi connectivity index (χ2n) is 6.47. The van der Waals surface area contributed by atoms with E-state index in [4.69, 9.17) is 9.47 Å². The van der Waals surface area contributed by atoms with Gasteiger partial charge in [-0.25, -0.2) is 4.68 Å². The number of ether oxygens (including phenoxy) is 2. The Morgan fingerprint density at radius 1 is 1.00 bits per heavy atom. The summed E-state index contributed by atoms with van der Waals surface area (Å²) in [5.74, 6) is 2.41. The van der Waals surface area contributed by atoms with Crippen molar-refractivity contribution in [3.05, 3.63) is 29.6 Å². The fourth-order valence-electron chi connectivity index (χ4n) is 3.24. The van der Waals surface area contributed by atoms with Gasteiger partial charge in [0, 0.05) is 32.7 Å². The van der Waals surface area contributed by atoms with Crippen LogP contribution in [0, 0.1) is 0 Å². The molecule has 1 aromatic carbocycles. The molecule has 8 heteroatoms. The molecule has 0 unspecified atom stereocenters. The molecule has 1 fully saturated rings. The van der Waals surface area contributed by atoms with E-state index in [0.29, 0.717) is 0 Å². The molecule has 3 rings (SSSR count). The van der Waals surface area contributed by atoms with Crippen LogP contribution in [-0.4, -0.2) is 77.0 Å². The van der Waals surface area contributed by atoms with E-state index in [9.17, 15) is 0 Å². The van der Waals surface area contributed by atoms with Crippen molar-refractivity contribution >= 4 is 0 Å². The molecule has 0 N–H and O–H groups in total. The van der Waals surface area contributed by atoms with Crippen molar-refractivity contribution in [2.75, 3.05) is 46.9 Å². The van der Waals surface area contributed by atoms with Crippen molar-refractivity contribution in [1.82, 2.24) is 30.0 Å². The van der Waals surface area contributed by atoms with Crippen LogP contribution in [-0.2, 0) is 19.5 Å². The quantitative estimate of drug-likeness (QED) is 0.697. The summed E-state index contributed by atoms with van der Waals surface area (Å²) in [4.78, 5) is 4.89. The van der Waals surface area contributed by atoms with Crippen LogP contribution < -0.4 is 9.47 Å². The number of piperazine rings is 1. The second kappa shape index (κ2) is 8.95. The lowest BCUT2D eigenvalue weighted by atomic mass is 10.1. The highest BCUT2D eigenvalue weighted by Crippen LogP contribution is 2.27. The molecule has 0 aliphatic carbocycles. The maximum Gasteiger partial charge on any atom is 0.165 e. The predicted molar refractivity (Wildman–Crippen MR) is 98.5 cm³/mol. The average Bonchev–Trinajstić information content (AvgIpc) is 3.13. The fraction of sp³-hybridized carbons (Fsp3) is 0.611. The van der Waals surface area contributed by atoms with Crippen LogP contribution in [0.15, 0.2) is 18.2 Å². The minimum Gasteiger partial charge on any atom is -0.493 e. The number of hydrogen-bond acceptors (Lipinski definition) is 7. The van der Waals surface area contributed by atoms with Crippen LogP contribution in [0.3, 0.4) is 0 Å². The lowest BCUT2D eigenvalue weighted by molar-refractivity contribution is 0.128. The molecule has 1 saturated heterocycles. The van der Waals surface area contributed by atoms with E-state index in [0.717, 1.165) is 69.6 Å². The van der Waals surface area contributed by atoms with Crippen LogP contribution in [0.2, 0.25) is 0 Å². The fourth-order valence-corrected chi connectivity index (χ4v) is 3.24. The van der Waals surface area contributed by atoms with Gasteiger partial charge in [0.2, 0.25) is 0 Å². The minimum atomic E-state index is 0.741. The summed E-state index contributed by atoms with van der Waals surface area (Å²) in [6, 6.07) is 5.99. The van der Waals surface area contributed by atoms with Gasteiger partial charge in [0.05, 0.1) is 20.8 Å². The molecular formula is C18H28N6O2. The Labute approximate surface area is 154 Å². The Bertz CT molecular complexity index is 697. The number of benzene rings is 1. The molecule has 0 atom stereocenters. The van der Waals surface area contributed by atoms with Crippen LogP contribution in [0.4, 0.5) is 0 Å². The topological polar surface area (TPSA) is 68.5 Å². The second-order valence-corrected chi connectivity index (χ2v) is 6.47. The van der Waals surface area contributed by atoms with Crippen LogP contribution in [0.1, 0.15) is 18.3 Å². The van der Waals surface area contributed by atoms with Crippen LogP contribution >= 0.6 is 0 Å². The molecular weight excluding hydrogens is 332 g/mol. The number of rotatable bonds is 8. The lowest BCUT2D eigenvalue weighted by Gasteiger charge is -2.33. The van der Waals surface area contributed by atoms with E-state index in [1.165, 1.54) is 5.56 Å². The van der Waals surface area contributed by atoms with Gasteiger partial charge in [-0.3, -0.25) is 4.90 Å². The molecule has 1 aliphatic rings. The molecule has 0 amide bonds. The minimum absolute atomic E-state index is 0.741. The summed E-state index contributed by atoms with van der Waals surface area (Å²) in [7, 11) is 3.30. The van der Waals surface area contributed by atoms with Gasteiger partial charge in [-0.2, -0.15) is 0 Å². The van der Waals surface area contributed by atoms with Crippen LogP contribution in [0.25, 0.3) is 0 Å². The SMILES string of the molecule is CCN1CCN(Cc2nnnn2CCc2ccc(OC)c(OC)c2)CC1. The zero-order valence-corrected chi connectivity index (χ0v) is 15.9. The predicted octanol–water partition coefficient (Wildman–Crippen LogP) is 1.07. The van der Waals surface area contributed by atoms with Gasteiger partial charge < -0.3 is 14.4 Å². The van der Waals surface area contributed by atoms with Crippen molar-refractivity contribution in [3.8, 4) is 11.5 Å². The van der Waals surface area contributed by atoms with Gasteiger partial charge in [0.25, 0.3) is 0 Å². The first-order valence-electron chi connectivity index (χ1n) is 9.14. The zero-order chi connectivity index (χ0) is 18.4. The van der Waals surface area contributed by atoms with E-state index in [-0.39, 0.29) is 0 Å². The monoisotopic (exact) mass is 360 g/mol. The third-order valence-electron chi connectivity index (χ3n) is 4.94. The molecule has 8 nitrogen and oxygen atoms in total. The Balaban J connectivity index is 1.57. The average molecular weight is 360 g/mol. The summed E-state index contributed by atoms with van der Waals surface area (Å²) < 4.78 is 12.6. The number of aromatic nitrogens is 4. The van der Waals surface area contributed by atoms with E-state index >= 15 is 0 Å². The van der Waals surface area contributed by atoms with Crippen molar-refractivity contribution in [3.63, 3.8) is 0 Å². The molecule has 1 aromatic heterocycles. The summed E-state index contributed by atoms with van der Waals surface area (Å²) >= 11 is 0. The van der Waals surface area contributed by atoms with Crippen molar-refractivity contribution in [1.29, 1.82) is 0 Å². The van der Waals surface area contributed by atoms with Gasteiger partial charge >= 0.3 is 0 Å². The van der Waals surface area contributed by atoms with E-state index < -0.39 is 0 Å². The van der Waals surface area contributed by atoms with Crippen molar-refractivity contribution in [2.24, 2.45) is 0 Å². The number of likely N-dealkylation sites (N-methyl/N-ethyl adjacent to an activating group) is 1. The van der Waals surface area contributed by atoms with Crippen molar-refractivity contribution < 1.29 is 9.47 Å². The lowest BCUT2D eigenvalue weighted by Crippen LogP contribution is -2.45. The van der Waals surface area contributed by atoms with Gasteiger partial charge in [0.15, 0.2) is 17.3 Å². The first-order valence-corrected chi connectivity index (χ1v) is 9.14. The van der Waals surface area contributed by atoms with E-state index in [1.54, 1.807) is 14.2 Å². The highest BCUT2D eigenvalue weighted by molar-refractivity contribution is 5.42. The number of tetrazole rings is 1. The first kappa shape index (κ1) is 18.6. The number of aryl methyl sites for hydroxylation is 2. The Kier molecular flexibility index (Phi) is 6.40. The van der Waals surface area contributed by atoms with Gasteiger partial charge in [0.1, 0.15) is 0 Å². The standard InChI is InChI=1S/C18H28N6O2/c1-4-22-9-11-23(12-10-22)14-18-19-20-21-24(18)8-7-15-5-6-16(25-2)17(13-15)26-3/h5-6,13H,4,7-12,14H2,1-3H3. The number of nitrogens with zero attached hydrogens (tertiary/aromatic N) is 6. The van der Waals surface area contributed by atoms with E-state index in [1.807, 2.05) is 16.8 Å². The van der Waals surface area contributed by atoms with Gasteiger partial charge in [-0.05, 0) is 41.1 Å². The Morgan fingerprint density at radius 2 is 1.73 bits per heavy atom. The number of methoxy groups -OCH3 is 2. The van der Waals surface area contributed by atoms with Crippen LogP contribution in [0.5, 0.6) is 11.5 Å². The normalized spacial score (nSPS) is 16.0. The molecule has 0 saturated carbocycles. The Hall–Kier alpha value is -2.19. The Morgan fingerprint density at radius 3 is 2.42 bits per heavy atom. The summed E-state index contributed by atoms with van der Waals surface area (Å²) in [6.07, 6.45) is 0.835. The summed E-state index contributed by atoms with van der Waals surface area (Å²) in [5.41, 5.74) is 1.17. The summed E-state index contributed by atoms with van der Waals surface area (Å²) in [6.45, 7) is 9.24. The van der Waals surface area contributed by atoms with E-state index in [2.05, 4.69) is 38.3 Å². The molecule has 2 aromatic rings. The maximum absolute atomic E-state index is 5.37. The number of hydrogen-bond donors (Lipinski definition) is 0.